The molecule has 4 rings (SSSR count). The molecule has 1 N–H and O–H groups in total. The molecule has 6 heteroatoms. The Labute approximate surface area is 186 Å². The molecule has 0 aliphatic carbocycles. The number of nitrogens with zero attached hydrogens (tertiary/aromatic N) is 2. The first-order valence-electron chi connectivity index (χ1n) is 10.2. The molecule has 0 unspecified atom stereocenters. The van der Waals surface area contributed by atoms with Crippen molar-refractivity contribution in [3.05, 3.63) is 95.7 Å². The van der Waals surface area contributed by atoms with E-state index in [4.69, 9.17) is 4.42 Å². The lowest BCUT2D eigenvalue weighted by Crippen LogP contribution is -2.22. The SMILES string of the molecule is Cc1ccc(-c2cnc(-c3ccccc3C(=O)Nc3cccc(C(=O)N(C)C)c3)o2)cc1. The number of oxazole rings is 1. The lowest BCUT2D eigenvalue weighted by atomic mass is 10.1. The maximum absolute atomic E-state index is 13.1. The summed E-state index contributed by atoms with van der Waals surface area (Å²) >= 11 is 0. The molecular weight excluding hydrogens is 402 g/mol. The molecule has 160 valence electrons. The van der Waals surface area contributed by atoms with Crippen molar-refractivity contribution < 1.29 is 14.0 Å². The van der Waals surface area contributed by atoms with Crippen LogP contribution in [0.1, 0.15) is 26.3 Å². The van der Waals surface area contributed by atoms with E-state index < -0.39 is 0 Å². The largest absolute Gasteiger partial charge is 0.436 e. The lowest BCUT2D eigenvalue weighted by Gasteiger charge is -2.12. The molecule has 1 aromatic heterocycles. The van der Waals surface area contributed by atoms with E-state index in [0.717, 1.165) is 11.1 Å². The summed E-state index contributed by atoms with van der Waals surface area (Å²) in [5.74, 6) is 0.544. The van der Waals surface area contributed by atoms with Crippen LogP contribution in [0.25, 0.3) is 22.8 Å². The van der Waals surface area contributed by atoms with E-state index in [1.165, 1.54) is 4.90 Å². The van der Waals surface area contributed by atoms with E-state index in [1.807, 2.05) is 37.3 Å². The van der Waals surface area contributed by atoms with Crippen molar-refractivity contribution in [3.8, 4) is 22.8 Å². The Morgan fingerprint density at radius 1 is 0.938 bits per heavy atom. The zero-order valence-corrected chi connectivity index (χ0v) is 18.1. The normalized spacial score (nSPS) is 10.6. The van der Waals surface area contributed by atoms with Gasteiger partial charge in [-0.2, -0.15) is 0 Å². The molecule has 0 aliphatic rings. The smallest absolute Gasteiger partial charge is 0.256 e. The highest BCUT2D eigenvalue weighted by Crippen LogP contribution is 2.29. The summed E-state index contributed by atoms with van der Waals surface area (Å²) in [7, 11) is 3.37. The molecule has 0 radical (unpaired) electrons. The zero-order valence-electron chi connectivity index (χ0n) is 18.1. The molecule has 0 spiro atoms. The monoisotopic (exact) mass is 425 g/mol. The van der Waals surface area contributed by atoms with Crippen LogP contribution in [0.2, 0.25) is 0 Å². The number of aromatic nitrogens is 1. The van der Waals surface area contributed by atoms with Gasteiger partial charge in [0, 0.05) is 36.5 Å². The van der Waals surface area contributed by atoms with Gasteiger partial charge >= 0.3 is 0 Å². The topological polar surface area (TPSA) is 75.4 Å². The van der Waals surface area contributed by atoms with Crippen LogP contribution >= 0.6 is 0 Å². The van der Waals surface area contributed by atoms with Crippen LogP contribution < -0.4 is 5.32 Å². The Kier molecular flexibility index (Phi) is 5.85. The van der Waals surface area contributed by atoms with Crippen molar-refractivity contribution in [2.45, 2.75) is 6.92 Å². The maximum atomic E-state index is 13.1. The van der Waals surface area contributed by atoms with E-state index in [1.54, 1.807) is 62.8 Å². The first kappa shape index (κ1) is 21.1. The number of hydrogen-bond donors (Lipinski definition) is 1. The molecule has 4 aromatic rings. The number of amides is 2. The Bertz CT molecular complexity index is 1270. The second kappa shape index (κ2) is 8.89. The number of carbonyl (C=O) groups excluding carboxylic acids is 2. The van der Waals surface area contributed by atoms with Gasteiger partial charge in [0.15, 0.2) is 5.76 Å². The minimum absolute atomic E-state index is 0.134. The molecule has 32 heavy (non-hydrogen) atoms. The van der Waals surface area contributed by atoms with Crippen molar-refractivity contribution in [1.82, 2.24) is 9.88 Å². The number of hydrogen-bond acceptors (Lipinski definition) is 4. The molecule has 1 heterocycles. The first-order chi connectivity index (χ1) is 15.4. The summed E-state index contributed by atoms with van der Waals surface area (Å²) in [5, 5.41) is 2.87. The molecule has 0 saturated heterocycles. The fraction of sp³-hybridized carbons (Fsp3) is 0.115. The van der Waals surface area contributed by atoms with Gasteiger partial charge in [-0.3, -0.25) is 9.59 Å². The predicted octanol–water partition coefficient (Wildman–Crippen LogP) is 5.27. The van der Waals surface area contributed by atoms with Crippen LogP contribution in [-0.2, 0) is 0 Å². The summed E-state index contributed by atoms with van der Waals surface area (Å²) < 4.78 is 5.97. The molecule has 6 nitrogen and oxygen atoms in total. The molecule has 0 atom stereocenters. The van der Waals surface area contributed by atoms with Gasteiger partial charge in [0.25, 0.3) is 11.8 Å². The van der Waals surface area contributed by atoms with Crippen LogP contribution in [0.5, 0.6) is 0 Å². The zero-order chi connectivity index (χ0) is 22.7. The van der Waals surface area contributed by atoms with Crippen LogP contribution in [0, 0.1) is 6.92 Å². The fourth-order valence-electron chi connectivity index (χ4n) is 3.30. The number of nitrogens with one attached hydrogen (secondary N) is 1. The van der Waals surface area contributed by atoms with Gasteiger partial charge in [-0.05, 0) is 37.3 Å². The molecule has 0 saturated carbocycles. The van der Waals surface area contributed by atoms with Crippen molar-refractivity contribution >= 4 is 17.5 Å². The Morgan fingerprint density at radius 3 is 2.44 bits per heavy atom. The summed E-state index contributed by atoms with van der Waals surface area (Å²) in [6.45, 7) is 2.02. The van der Waals surface area contributed by atoms with Crippen LogP contribution in [0.15, 0.2) is 83.4 Å². The predicted molar refractivity (Wildman–Crippen MR) is 125 cm³/mol. The lowest BCUT2D eigenvalue weighted by molar-refractivity contribution is 0.0827. The first-order valence-corrected chi connectivity index (χ1v) is 10.2. The van der Waals surface area contributed by atoms with Gasteiger partial charge in [0.1, 0.15) is 0 Å². The third-order valence-electron chi connectivity index (χ3n) is 5.02. The summed E-state index contributed by atoms with van der Waals surface area (Å²) in [5.41, 5.74) is 4.12. The van der Waals surface area contributed by atoms with Crippen LogP contribution in [0.4, 0.5) is 5.69 Å². The van der Waals surface area contributed by atoms with Gasteiger partial charge in [0.2, 0.25) is 5.89 Å². The molecule has 2 amide bonds. The van der Waals surface area contributed by atoms with E-state index in [9.17, 15) is 9.59 Å². The number of rotatable bonds is 5. The van der Waals surface area contributed by atoms with Crippen molar-refractivity contribution in [3.63, 3.8) is 0 Å². The van der Waals surface area contributed by atoms with E-state index in [2.05, 4.69) is 10.3 Å². The third-order valence-corrected chi connectivity index (χ3v) is 5.02. The average Bonchev–Trinajstić information content (AvgIpc) is 3.29. The Balaban J connectivity index is 1.60. The number of benzene rings is 3. The second-order valence-electron chi connectivity index (χ2n) is 7.68. The number of carbonyl (C=O) groups is 2. The summed E-state index contributed by atoms with van der Waals surface area (Å²) in [4.78, 5) is 31.2. The fourth-order valence-corrected chi connectivity index (χ4v) is 3.30. The van der Waals surface area contributed by atoms with Crippen LogP contribution in [-0.4, -0.2) is 35.8 Å². The highest BCUT2D eigenvalue weighted by molar-refractivity contribution is 6.08. The number of anilines is 1. The molecule has 0 aliphatic heterocycles. The van der Waals surface area contributed by atoms with Gasteiger partial charge < -0.3 is 14.6 Å². The van der Waals surface area contributed by atoms with Crippen molar-refractivity contribution in [2.75, 3.05) is 19.4 Å². The number of aryl methyl sites for hydroxylation is 1. The standard InChI is InChI=1S/C26H23N3O3/c1-17-11-13-18(14-12-17)23-16-27-25(32-23)22-10-5-4-9-21(22)24(30)28-20-8-6-7-19(15-20)26(31)29(2)3/h4-16H,1-3H3,(H,28,30). The van der Waals surface area contributed by atoms with Gasteiger partial charge in [-0.1, -0.05) is 48.0 Å². The molecule has 3 aromatic carbocycles. The van der Waals surface area contributed by atoms with Gasteiger partial charge in [-0.25, -0.2) is 4.98 Å². The Hall–Kier alpha value is -4.19. The van der Waals surface area contributed by atoms with Crippen molar-refractivity contribution in [1.29, 1.82) is 0 Å². The Morgan fingerprint density at radius 2 is 1.69 bits per heavy atom. The minimum atomic E-state index is -0.315. The van der Waals surface area contributed by atoms with Gasteiger partial charge in [-0.15, -0.1) is 0 Å². The van der Waals surface area contributed by atoms with Crippen molar-refractivity contribution in [2.24, 2.45) is 0 Å². The van der Waals surface area contributed by atoms with Gasteiger partial charge in [0.05, 0.1) is 11.8 Å². The third kappa shape index (κ3) is 4.44. The highest BCUT2D eigenvalue weighted by Gasteiger charge is 2.18. The van der Waals surface area contributed by atoms with Crippen LogP contribution in [0.3, 0.4) is 0 Å². The van der Waals surface area contributed by atoms with E-state index in [0.29, 0.717) is 34.0 Å². The quantitative estimate of drug-likeness (QED) is 0.473. The average molecular weight is 425 g/mol. The van der Waals surface area contributed by atoms with E-state index in [-0.39, 0.29) is 11.8 Å². The molecule has 0 fully saturated rings. The highest BCUT2D eigenvalue weighted by atomic mass is 16.4. The second-order valence-corrected chi connectivity index (χ2v) is 7.68. The van der Waals surface area contributed by atoms with E-state index >= 15 is 0 Å². The summed E-state index contributed by atoms with van der Waals surface area (Å²) in [6.07, 6.45) is 1.66. The summed E-state index contributed by atoms with van der Waals surface area (Å²) in [6, 6.07) is 21.9. The maximum Gasteiger partial charge on any atom is 0.256 e. The molecular formula is C26H23N3O3. The molecule has 0 bridgehead atoms. The minimum Gasteiger partial charge on any atom is -0.436 e.